The molecular weight excluding hydrogens is 399 g/mol. The molecule has 11 heteroatoms. The topological polar surface area (TPSA) is 161 Å². The van der Waals surface area contributed by atoms with Crippen LogP contribution in [0.4, 0.5) is 0 Å². The second kappa shape index (κ2) is 39.6. The minimum atomic E-state index is -1.14. The maximum Gasteiger partial charge on any atom is 2.00 e. The molecule has 0 saturated carbocycles. The van der Waals surface area contributed by atoms with Crippen LogP contribution in [0.2, 0.25) is 0 Å². The van der Waals surface area contributed by atoms with Gasteiger partial charge in [-0.1, -0.05) is 24.3 Å². The van der Waals surface area contributed by atoms with Crippen molar-refractivity contribution >= 4 is 23.9 Å². The van der Waals surface area contributed by atoms with Gasteiger partial charge >= 0.3 is 57.2 Å². The van der Waals surface area contributed by atoms with Gasteiger partial charge in [-0.05, 0) is 52.0 Å². The van der Waals surface area contributed by atoms with E-state index in [4.69, 9.17) is 0 Å². The summed E-state index contributed by atoms with van der Waals surface area (Å²) >= 11 is 0. The fourth-order valence-electron chi connectivity index (χ4n) is 0.544. The number of carboxylic acid groups (broad SMARTS) is 4. The Hall–Kier alpha value is -1.34. The third-order valence-corrected chi connectivity index (χ3v) is 1.21. The first-order valence-electron chi connectivity index (χ1n) is 6.43. The summed E-state index contributed by atoms with van der Waals surface area (Å²) in [5.74, 6) is -4.56. The molecule has 0 heterocycles. The molecule has 0 aliphatic carbocycles. The molecule has 0 aromatic heterocycles. The molecule has 0 unspecified atom stereocenters. The molecule has 0 aromatic rings. The van der Waals surface area contributed by atoms with Crippen LogP contribution in [0.15, 0.2) is 48.6 Å². The van der Waals surface area contributed by atoms with Gasteiger partial charge in [0.1, 0.15) is 0 Å². The number of carbonyl (C=O) groups is 4. The van der Waals surface area contributed by atoms with Crippen molar-refractivity contribution in [1.82, 2.24) is 0 Å². The normalized spacial score (nSPS) is 8.44. The number of rotatable bonds is 4. The molecule has 0 bridgehead atoms. The molecule has 136 valence electrons. The third kappa shape index (κ3) is 111. The molecular formula is C16H20Li2O8Zn. The third-order valence-electron chi connectivity index (χ3n) is 1.21. The smallest absolute Gasteiger partial charge is 0.545 e. The van der Waals surface area contributed by atoms with Gasteiger partial charge < -0.3 is 39.6 Å². The van der Waals surface area contributed by atoms with E-state index in [0.717, 1.165) is 24.3 Å². The molecule has 0 aromatic carbocycles. The van der Waals surface area contributed by atoms with Crippen molar-refractivity contribution in [3.63, 3.8) is 0 Å². The molecule has 0 radical (unpaired) electrons. The number of hydrogen-bond donors (Lipinski definition) is 0. The Morgan fingerprint density at radius 2 is 0.593 bits per heavy atom. The maximum absolute atomic E-state index is 9.40. The minimum Gasteiger partial charge on any atom is -0.545 e. The molecule has 0 rings (SSSR count). The van der Waals surface area contributed by atoms with Crippen molar-refractivity contribution in [2.24, 2.45) is 0 Å². The van der Waals surface area contributed by atoms with E-state index in [1.165, 1.54) is 24.3 Å². The molecule has 27 heavy (non-hydrogen) atoms. The van der Waals surface area contributed by atoms with Gasteiger partial charge in [0.25, 0.3) is 0 Å². The van der Waals surface area contributed by atoms with E-state index in [-0.39, 0.29) is 57.2 Å². The molecule has 0 atom stereocenters. The van der Waals surface area contributed by atoms with Gasteiger partial charge in [0.15, 0.2) is 0 Å². The SMILES string of the molecule is C/C=C/C(=O)[O-].C/C=C/C(=O)[O-].C/C=C/C(=O)[O-].C/C=C/C(=O)[O-].[Li+].[Li+].[Zn+2]. The predicted octanol–water partition coefficient (Wildman–Crippen LogP) is -8.74. The second-order valence-corrected chi connectivity index (χ2v) is 3.28. The number of hydrogen-bond acceptors (Lipinski definition) is 8. The summed E-state index contributed by atoms with van der Waals surface area (Å²) in [5, 5.41) is 37.6. The summed E-state index contributed by atoms with van der Waals surface area (Å²) in [6, 6.07) is 0. The summed E-state index contributed by atoms with van der Waals surface area (Å²) in [6.07, 6.45) is 9.54. The molecule has 0 spiro atoms. The first-order chi connectivity index (χ1) is 11.1. The zero-order chi connectivity index (χ0) is 20.0. The standard InChI is InChI=1S/4C4H6O2.2Li.Zn/c4*1-2-3-4(5)6;;;/h4*2-3H,1H3,(H,5,6);;;/q;;;;2*+1;+2/p-4/b4*3-2+;;;. The Morgan fingerprint density at radius 1 is 0.481 bits per heavy atom. The van der Waals surface area contributed by atoms with Crippen LogP contribution in [0.1, 0.15) is 27.7 Å². The summed E-state index contributed by atoms with van der Waals surface area (Å²) in [6.45, 7) is 6.48. The van der Waals surface area contributed by atoms with Gasteiger partial charge in [-0.3, -0.25) is 0 Å². The molecule has 0 aliphatic heterocycles. The van der Waals surface area contributed by atoms with E-state index in [2.05, 4.69) is 0 Å². The van der Waals surface area contributed by atoms with Crippen LogP contribution in [0.5, 0.6) is 0 Å². The first-order valence-corrected chi connectivity index (χ1v) is 6.43. The van der Waals surface area contributed by atoms with Gasteiger partial charge in [0, 0.05) is 0 Å². The van der Waals surface area contributed by atoms with Gasteiger partial charge in [-0.25, -0.2) is 0 Å². The van der Waals surface area contributed by atoms with Crippen molar-refractivity contribution in [3.05, 3.63) is 48.6 Å². The van der Waals surface area contributed by atoms with Gasteiger partial charge in [-0.2, -0.15) is 0 Å². The fraction of sp³-hybridized carbons (Fsp3) is 0.250. The van der Waals surface area contributed by atoms with Gasteiger partial charge in [-0.15, -0.1) is 0 Å². The Bertz CT molecular complexity index is 399. The van der Waals surface area contributed by atoms with Crippen LogP contribution in [0.3, 0.4) is 0 Å². The Labute approximate surface area is 196 Å². The average molecular weight is 420 g/mol. The van der Waals surface area contributed by atoms with Crippen LogP contribution in [-0.2, 0) is 38.7 Å². The van der Waals surface area contributed by atoms with Crippen LogP contribution in [-0.4, -0.2) is 23.9 Å². The number of allylic oxidation sites excluding steroid dienone is 4. The van der Waals surface area contributed by atoms with Crippen LogP contribution in [0.25, 0.3) is 0 Å². The van der Waals surface area contributed by atoms with Gasteiger partial charge in [0.2, 0.25) is 0 Å². The summed E-state index contributed by atoms with van der Waals surface area (Å²) in [5.41, 5.74) is 0. The fourth-order valence-corrected chi connectivity index (χ4v) is 0.544. The number of carbonyl (C=O) groups excluding carboxylic acids is 4. The zero-order valence-electron chi connectivity index (χ0n) is 16.6. The van der Waals surface area contributed by atoms with Crippen LogP contribution >= 0.6 is 0 Å². The molecule has 8 nitrogen and oxygen atoms in total. The average Bonchev–Trinajstić information content (AvgIpc) is 2.39. The van der Waals surface area contributed by atoms with Crippen molar-refractivity contribution in [1.29, 1.82) is 0 Å². The largest absolute Gasteiger partial charge is 2.00 e. The molecule has 0 fully saturated rings. The monoisotopic (exact) mass is 418 g/mol. The Kier molecular flexibility index (Phi) is 65.8. The quantitative estimate of drug-likeness (QED) is 0.320. The van der Waals surface area contributed by atoms with E-state index in [1.807, 2.05) is 0 Å². The number of carboxylic acids is 4. The van der Waals surface area contributed by atoms with Crippen molar-refractivity contribution in [3.8, 4) is 0 Å². The second-order valence-electron chi connectivity index (χ2n) is 3.28. The van der Waals surface area contributed by atoms with Crippen LogP contribution in [0, 0.1) is 0 Å². The Balaban J connectivity index is -0.0000000381. The zero-order valence-corrected chi connectivity index (χ0v) is 19.6. The maximum atomic E-state index is 9.40. The van der Waals surface area contributed by atoms with Crippen molar-refractivity contribution in [2.45, 2.75) is 27.7 Å². The summed E-state index contributed by atoms with van der Waals surface area (Å²) in [4.78, 5) is 37.6. The van der Waals surface area contributed by atoms with Crippen molar-refractivity contribution in [2.75, 3.05) is 0 Å². The summed E-state index contributed by atoms with van der Waals surface area (Å²) in [7, 11) is 0. The van der Waals surface area contributed by atoms with Crippen molar-refractivity contribution < 1.29 is 96.8 Å². The summed E-state index contributed by atoms with van der Waals surface area (Å²) < 4.78 is 0. The van der Waals surface area contributed by atoms with E-state index < -0.39 is 23.9 Å². The molecule has 0 aliphatic rings. The van der Waals surface area contributed by atoms with Gasteiger partial charge in [0.05, 0.1) is 23.9 Å². The van der Waals surface area contributed by atoms with E-state index in [9.17, 15) is 39.6 Å². The van der Waals surface area contributed by atoms with E-state index in [0.29, 0.717) is 0 Å². The minimum absolute atomic E-state index is 0. The van der Waals surface area contributed by atoms with E-state index in [1.54, 1.807) is 27.7 Å². The Morgan fingerprint density at radius 3 is 0.593 bits per heavy atom. The number of aliphatic carboxylic acids is 4. The molecule has 0 saturated heterocycles. The molecule has 0 amide bonds. The molecule has 0 N–H and O–H groups in total. The first kappa shape index (κ1) is 44.8. The van der Waals surface area contributed by atoms with E-state index >= 15 is 0 Å². The predicted molar refractivity (Wildman–Crippen MR) is 79.3 cm³/mol. The van der Waals surface area contributed by atoms with Crippen LogP contribution < -0.4 is 58.1 Å².